The van der Waals surface area contributed by atoms with Crippen LogP contribution in [0, 0.1) is 17.3 Å². The Morgan fingerprint density at radius 3 is 2.38 bits per heavy atom. The molecule has 4 fully saturated rings. The summed E-state index contributed by atoms with van der Waals surface area (Å²) in [5, 5.41) is 6.27. The first kappa shape index (κ1) is 17.3. The lowest BCUT2D eigenvalue weighted by molar-refractivity contribution is -0.148. The van der Waals surface area contributed by atoms with Gasteiger partial charge in [0.25, 0.3) is 0 Å². The minimum Gasteiger partial charge on any atom is -0.376 e. The molecule has 26 heavy (non-hydrogen) atoms. The monoisotopic (exact) mass is 356 g/mol. The van der Waals surface area contributed by atoms with E-state index in [1.807, 2.05) is 31.1 Å². The lowest BCUT2D eigenvalue weighted by atomic mass is 9.46. The van der Waals surface area contributed by atoms with Crippen LogP contribution in [0.25, 0.3) is 0 Å². The van der Waals surface area contributed by atoms with Gasteiger partial charge in [0.1, 0.15) is 5.82 Å². The first-order chi connectivity index (χ1) is 12.3. The van der Waals surface area contributed by atoms with Crippen LogP contribution in [0.1, 0.15) is 45.4 Å². The molecular formula is C20H28N4O2. The maximum Gasteiger partial charge on any atom is 0.231 e. The molecule has 140 valence electrons. The summed E-state index contributed by atoms with van der Waals surface area (Å²) in [6.45, 7) is 1.58. The molecule has 2 amide bonds. The average Bonchev–Trinajstić information content (AvgIpc) is 2.52. The SMILES string of the molecule is CC(=O)NC12C[C@H]3C[C@@H](C1)CC(C(=O)Nc1ccc(N(C)C)cn1)(C3)C2. The predicted octanol–water partition coefficient (Wildman–Crippen LogP) is 2.56. The number of anilines is 2. The lowest BCUT2D eigenvalue weighted by Crippen LogP contribution is -2.65. The molecule has 1 heterocycles. The zero-order valence-corrected chi connectivity index (χ0v) is 15.8. The van der Waals surface area contributed by atoms with Crippen LogP contribution in [0.3, 0.4) is 0 Å². The maximum absolute atomic E-state index is 13.2. The summed E-state index contributed by atoms with van der Waals surface area (Å²) in [6.07, 6.45) is 7.65. The number of pyridine rings is 1. The molecule has 4 saturated carbocycles. The third-order valence-electron chi connectivity index (χ3n) is 6.49. The van der Waals surface area contributed by atoms with Crippen molar-refractivity contribution in [1.82, 2.24) is 10.3 Å². The van der Waals surface area contributed by atoms with E-state index in [2.05, 4.69) is 15.6 Å². The topological polar surface area (TPSA) is 74.3 Å². The van der Waals surface area contributed by atoms with Gasteiger partial charge in [-0.2, -0.15) is 0 Å². The number of hydrogen-bond donors (Lipinski definition) is 2. The van der Waals surface area contributed by atoms with Gasteiger partial charge in [-0.25, -0.2) is 4.98 Å². The van der Waals surface area contributed by atoms with Crippen LogP contribution in [0.5, 0.6) is 0 Å². The van der Waals surface area contributed by atoms with Crippen molar-refractivity contribution < 1.29 is 9.59 Å². The van der Waals surface area contributed by atoms with E-state index < -0.39 is 0 Å². The standard InChI is InChI=1S/C20H28N4O2/c1-13(25)23-20-9-14-6-15(10-20)8-19(7-14,12-20)18(26)22-17-5-4-16(11-21-17)24(2)3/h4-5,11,14-15H,6-10,12H2,1-3H3,(H,23,25)(H,21,22,26)/t14-,15+,19?,20?. The van der Waals surface area contributed by atoms with E-state index in [4.69, 9.17) is 0 Å². The van der Waals surface area contributed by atoms with Gasteiger partial charge >= 0.3 is 0 Å². The molecule has 0 radical (unpaired) electrons. The Hall–Kier alpha value is -2.11. The first-order valence-corrected chi connectivity index (χ1v) is 9.53. The minimum absolute atomic E-state index is 0.0171. The number of hydrogen-bond acceptors (Lipinski definition) is 4. The summed E-state index contributed by atoms with van der Waals surface area (Å²) in [7, 11) is 3.93. The van der Waals surface area contributed by atoms with Gasteiger partial charge in [0.15, 0.2) is 0 Å². The minimum atomic E-state index is -0.367. The Bertz CT molecular complexity index is 714. The quantitative estimate of drug-likeness (QED) is 0.869. The third-order valence-corrected chi connectivity index (χ3v) is 6.49. The van der Waals surface area contributed by atoms with E-state index in [1.165, 1.54) is 6.42 Å². The van der Waals surface area contributed by atoms with Gasteiger partial charge in [0.2, 0.25) is 11.8 Å². The van der Waals surface area contributed by atoms with Crippen LogP contribution in [-0.4, -0.2) is 36.4 Å². The van der Waals surface area contributed by atoms with E-state index in [-0.39, 0.29) is 22.8 Å². The molecule has 2 N–H and O–H groups in total. The highest BCUT2D eigenvalue weighted by Gasteiger charge is 2.60. The Morgan fingerprint density at radius 1 is 1.15 bits per heavy atom. The van der Waals surface area contributed by atoms with Crippen LogP contribution in [0.15, 0.2) is 18.3 Å². The zero-order chi connectivity index (χ0) is 18.5. The summed E-state index contributed by atoms with van der Waals surface area (Å²) < 4.78 is 0. The molecule has 0 aromatic carbocycles. The Balaban J connectivity index is 1.54. The third kappa shape index (κ3) is 2.95. The van der Waals surface area contributed by atoms with Gasteiger partial charge in [0.05, 0.1) is 17.3 Å². The van der Waals surface area contributed by atoms with Crippen molar-refractivity contribution in [2.75, 3.05) is 24.3 Å². The fraction of sp³-hybridized carbons (Fsp3) is 0.650. The van der Waals surface area contributed by atoms with Gasteiger partial charge in [-0.05, 0) is 62.5 Å². The van der Waals surface area contributed by atoms with Crippen LogP contribution in [0.2, 0.25) is 0 Å². The molecule has 5 rings (SSSR count). The number of carbonyl (C=O) groups is 2. The maximum atomic E-state index is 13.2. The normalized spacial score (nSPS) is 34.4. The van der Waals surface area contributed by atoms with Gasteiger partial charge in [-0.1, -0.05) is 0 Å². The summed E-state index contributed by atoms with van der Waals surface area (Å²) in [4.78, 5) is 31.4. The fourth-order valence-electron chi connectivity index (χ4n) is 6.02. The summed E-state index contributed by atoms with van der Waals surface area (Å²) >= 11 is 0. The molecule has 6 heteroatoms. The fourth-order valence-corrected chi connectivity index (χ4v) is 6.02. The van der Waals surface area contributed by atoms with Crippen molar-refractivity contribution in [3.63, 3.8) is 0 Å². The number of carbonyl (C=O) groups excluding carboxylic acids is 2. The zero-order valence-electron chi connectivity index (χ0n) is 15.8. The number of nitrogens with zero attached hydrogens (tertiary/aromatic N) is 2. The largest absolute Gasteiger partial charge is 0.376 e. The van der Waals surface area contributed by atoms with Crippen molar-refractivity contribution in [2.24, 2.45) is 17.3 Å². The van der Waals surface area contributed by atoms with Gasteiger partial charge < -0.3 is 15.5 Å². The number of aromatic nitrogens is 1. The predicted molar refractivity (Wildman–Crippen MR) is 101 cm³/mol. The van der Waals surface area contributed by atoms with Crippen LogP contribution >= 0.6 is 0 Å². The second-order valence-electron chi connectivity index (χ2n) is 8.95. The lowest BCUT2D eigenvalue weighted by Gasteiger charge is -2.61. The molecule has 4 atom stereocenters. The van der Waals surface area contributed by atoms with Gasteiger partial charge in [0, 0.05) is 26.6 Å². The molecule has 0 saturated heterocycles. The summed E-state index contributed by atoms with van der Waals surface area (Å²) in [5.41, 5.74) is 0.451. The Kier molecular flexibility index (Phi) is 3.97. The molecule has 2 unspecified atom stereocenters. The Labute approximate surface area is 154 Å². The van der Waals surface area contributed by atoms with Crippen molar-refractivity contribution in [2.45, 2.75) is 51.0 Å². The molecule has 0 aliphatic heterocycles. The first-order valence-electron chi connectivity index (χ1n) is 9.53. The molecule has 6 nitrogen and oxygen atoms in total. The molecule has 4 bridgehead atoms. The summed E-state index contributed by atoms with van der Waals surface area (Å²) in [5.74, 6) is 1.77. The number of nitrogens with one attached hydrogen (secondary N) is 2. The molecule has 4 aliphatic carbocycles. The van der Waals surface area contributed by atoms with Crippen LogP contribution < -0.4 is 15.5 Å². The second kappa shape index (κ2) is 5.96. The second-order valence-corrected chi connectivity index (χ2v) is 8.95. The smallest absolute Gasteiger partial charge is 0.231 e. The molecule has 4 aliphatic rings. The molecule has 0 spiro atoms. The van der Waals surface area contributed by atoms with E-state index in [9.17, 15) is 9.59 Å². The highest BCUT2D eigenvalue weighted by molar-refractivity contribution is 5.95. The van der Waals surface area contributed by atoms with E-state index >= 15 is 0 Å². The van der Waals surface area contributed by atoms with Crippen molar-refractivity contribution in [1.29, 1.82) is 0 Å². The van der Waals surface area contributed by atoms with Crippen molar-refractivity contribution in [3.05, 3.63) is 18.3 Å². The molecule has 1 aromatic heterocycles. The molecule has 1 aromatic rings. The highest BCUT2D eigenvalue weighted by Crippen LogP contribution is 2.61. The van der Waals surface area contributed by atoms with Crippen LogP contribution in [-0.2, 0) is 9.59 Å². The van der Waals surface area contributed by atoms with Gasteiger partial charge in [-0.3, -0.25) is 9.59 Å². The van der Waals surface area contributed by atoms with Gasteiger partial charge in [-0.15, -0.1) is 0 Å². The average molecular weight is 356 g/mol. The van der Waals surface area contributed by atoms with E-state index in [0.29, 0.717) is 17.7 Å². The van der Waals surface area contributed by atoms with E-state index in [0.717, 1.165) is 37.8 Å². The number of rotatable bonds is 4. The van der Waals surface area contributed by atoms with Crippen LogP contribution in [0.4, 0.5) is 11.5 Å². The van der Waals surface area contributed by atoms with Crippen molar-refractivity contribution >= 4 is 23.3 Å². The highest BCUT2D eigenvalue weighted by atomic mass is 16.2. The van der Waals surface area contributed by atoms with E-state index in [1.54, 1.807) is 13.1 Å². The van der Waals surface area contributed by atoms with Crippen molar-refractivity contribution in [3.8, 4) is 0 Å². The Morgan fingerprint density at radius 2 is 1.85 bits per heavy atom. The summed E-state index contributed by atoms with van der Waals surface area (Å²) in [6, 6.07) is 3.82. The molecular weight excluding hydrogens is 328 g/mol. The number of amides is 2.